The largest absolute Gasteiger partial charge is 0.496 e. The lowest BCUT2D eigenvalue weighted by atomic mass is 9.91. The molecule has 0 aliphatic rings. The number of nitrogens with zero attached hydrogens (tertiary/aromatic N) is 2. The van der Waals surface area contributed by atoms with Crippen molar-refractivity contribution in [1.82, 2.24) is 14.7 Å². The molecule has 4 aromatic rings. The topological polar surface area (TPSA) is 55.6 Å². The lowest BCUT2D eigenvalue weighted by Crippen LogP contribution is -2.34. The first-order valence-corrected chi connectivity index (χ1v) is 11.5. The number of aryl methyl sites for hydroxylation is 1. The average molecular weight is 462 g/mol. The van der Waals surface area contributed by atoms with Gasteiger partial charge in [0.05, 0.1) is 17.8 Å². The van der Waals surface area contributed by atoms with Gasteiger partial charge in [-0.1, -0.05) is 60.1 Å². The number of carbonyl (C=O) groups is 1. The SMILES string of the molecule is COc1ccccc1C(CC(=O)NC(C)CCc1ccccc1)c1cnc2ccc(Cl)cn12. The van der Waals surface area contributed by atoms with Crippen LogP contribution in [0.5, 0.6) is 5.75 Å². The first-order chi connectivity index (χ1) is 16.0. The van der Waals surface area contributed by atoms with Gasteiger partial charge in [-0.05, 0) is 43.5 Å². The lowest BCUT2D eigenvalue weighted by Gasteiger charge is -2.21. The molecule has 0 saturated carbocycles. The molecule has 2 aromatic carbocycles. The Kier molecular flexibility index (Phi) is 7.30. The maximum absolute atomic E-state index is 13.1. The summed E-state index contributed by atoms with van der Waals surface area (Å²) in [5.74, 6) is 0.490. The van der Waals surface area contributed by atoms with Gasteiger partial charge in [-0.25, -0.2) is 4.98 Å². The van der Waals surface area contributed by atoms with E-state index in [1.807, 2.05) is 78.3 Å². The van der Waals surface area contributed by atoms with Gasteiger partial charge in [0, 0.05) is 36.3 Å². The second kappa shape index (κ2) is 10.5. The van der Waals surface area contributed by atoms with Crippen LogP contribution in [-0.2, 0) is 11.2 Å². The minimum absolute atomic E-state index is 0.0107. The number of amides is 1. The van der Waals surface area contributed by atoms with Crippen LogP contribution in [0.3, 0.4) is 0 Å². The number of ether oxygens (including phenoxy) is 1. The van der Waals surface area contributed by atoms with E-state index in [1.165, 1.54) is 5.56 Å². The van der Waals surface area contributed by atoms with Gasteiger partial charge in [0.25, 0.3) is 0 Å². The highest BCUT2D eigenvalue weighted by Crippen LogP contribution is 2.35. The standard InChI is InChI=1S/C27H28ClN3O2/c1-19(12-13-20-8-4-3-5-9-20)30-27(32)16-23(22-10-6-7-11-25(22)33-2)24-17-29-26-15-14-21(28)18-31(24)26/h3-11,14-15,17-19,23H,12-13,16H2,1-2H3,(H,30,32). The van der Waals surface area contributed by atoms with E-state index >= 15 is 0 Å². The number of para-hydroxylation sites is 1. The summed E-state index contributed by atoms with van der Waals surface area (Å²) >= 11 is 6.26. The van der Waals surface area contributed by atoms with E-state index in [0.29, 0.717) is 5.02 Å². The second-order valence-electron chi connectivity index (χ2n) is 8.25. The van der Waals surface area contributed by atoms with Gasteiger partial charge in [-0.15, -0.1) is 0 Å². The van der Waals surface area contributed by atoms with E-state index in [1.54, 1.807) is 7.11 Å². The van der Waals surface area contributed by atoms with Gasteiger partial charge in [-0.2, -0.15) is 0 Å². The predicted octanol–water partition coefficient (Wildman–Crippen LogP) is 5.66. The molecule has 0 fully saturated rings. The van der Waals surface area contributed by atoms with Crippen molar-refractivity contribution in [2.24, 2.45) is 0 Å². The summed E-state index contributed by atoms with van der Waals surface area (Å²) in [6.45, 7) is 2.05. The zero-order valence-corrected chi connectivity index (χ0v) is 19.6. The minimum Gasteiger partial charge on any atom is -0.496 e. The molecule has 2 atom stereocenters. The molecule has 2 aromatic heterocycles. The zero-order valence-electron chi connectivity index (χ0n) is 18.9. The fourth-order valence-corrected chi connectivity index (χ4v) is 4.34. The molecule has 33 heavy (non-hydrogen) atoms. The Bertz CT molecular complexity index is 1220. The number of imidazole rings is 1. The molecule has 1 amide bonds. The van der Waals surface area contributed by atoms with Crippen LogP contribution in [0.1, 0.15) is 42.5 Å². The highest BCUT2D eigenvalue weighted by molar-refractivity contribution is 6.30. The molecule has 5 nitrogen and oxygen atoms in total. The molecule has 0 bridgehead atoms. The molecule has 4 rings (SSSR count). The highest BCUT2D eigenvalue weighted by atomic mass is 35.5. The summed E-state index contributed by atoms with van der Waals surface area (Å²) in [6, 6.07) is 21.9. The number of hydrogen-bond acceptors (Lipinski definition) is 3. The number of fused-ring (bicyclic) bond motifs is 1. The fraction of sp³-hybridized carbons (Fsp3) is 0.259. The van der Waals surface area contributed by atoms with Gasteiger partial charge >= 0.3 is 0 Å². The fourth-order valence-electron chi connectivity index (χ4n) is 4.18. The molecule has 170 valence electrons. The van der Waals surface area contributed by atoms with Crippen molar-refractivity contribution in [1.29, 1.82) is 0 Å². The van der Waals surface area contributed by atoms with E-state index in [-0.39, 0.29) is 24.3 Å². The molecule has 2 heterocycles. The number of pyridine rings is 1. The van der Waals surface area contributed by atoms with Crippen molar-refractivity contribution in [3.8, 4) is 5.75 Å². The molecule has 0 spiro atoms. The highest BCUT2D eigenvalue weighted by Gasteiger charge is 2.25. The summed E-state index contributed by atoms with van der Waals surface area (Å²) in [5, 5.41) is 3.78. The van der Waals surface area contributed by atoms with Crippen molar-refractivity contribution < 1.29 is 9.53 Å². The van der Waals surface area contributed by atoms with Crippen molar-refractivity contribution in [3.05, 3.63) is 101 Å². The Morgan fingerprint density at radius 1 is 1.09 bits per heavy atom. The van der Waals surface area contributed by atoms with Crippen molar-refractivity contribution >= 4 is 23.2 Å². The average Bonchev–Trinajstić information content (AvgIpc) is 3.24. The number of methoxy groups -OCH3 is 1. The maximum atomic E-state index is 13.1. The summed E-state index contributed by atoms with van der Waals surface area (Å²) in [6.07, 6.45) is 5.72. The van der Waals surface area contributed by atoms with Gasteiger partial charge in [0.1, 0.15) is 11.4 Å². The predicted molar refractivity (Wildman–Crippen MR) is 132 cm³/mol. The van der Waals surface area contributed by atoms with Crippen LogP contribution in [0.4, 0.5) is 0 Å². The van der Waals surface area contributed by atoms with Crippen LogP contribution < -0.4 is 10.1 Å². The van der Waals surface area contributed by atoms with Crippen LogP contribution in [-0.4, -0.2) is 28.4 Å². The Morgan fingerprint density at radius 3 is 2.64 bits per heavy atom. The zero-order chi connectivity index (χ0) is 23.2. The molecule has 0 radical (unpaired) electrons. The Morgan fingerprint density at radius 2 is 1.85 bits per heavy atom. The van der Waals surface area contributed by atoms with E-state index in [0.717, 1.165) is 35.5 Å². The number of carbonyl (C=O) groups excluding carboxylic acids is 1. The molecule has 0 aliphatic heterocycles. The number of nitrogens with one attached hydrogen (secondary N) is 1. The summed E-state index contributed by atoms with van der Waals surface area (Å²) in [4.78, 5) is 17.7. The summed E-state index contributed by atoms with van der Waals surface area (Å²) in [7, 11) is 1.65. The normalized spacial score (nSPS) is 12.9. The molecule has 0 saturated heterocycles. The Hall–Kier alpha value is -3.31. The van der Waals surface area contributed by atoms with Crippen LogP contribution in [0.2, 0.25) is 5.02 Å². The number of aromatic nitrogens is 2. The number of halogens is 1. The lowest BCUT2D eigenvalue weighted by molar-refractivity contribution is -0.121. The molecule has 6 heteroatoms. The van der Waals surface area contributed by atoms with E-state index < -0.39 is 0 Å². The first-order valence-electron chi connectivity index (χ1n) is 11.1. The van der Waals surface area contributed by atoms with Gasteiger partial charge in [0.15, 0.2) is 0 Å². The second-order valence-corrected chi connectivity index (χ2v) is 8.69. The summed E-state index contributed by atoms with van der Waals surface area (Å²) in [5.41, 5.74) is 3.89. The van der Waals surface area contributed by atoms with Crippen LogP contribution in [0, 0.1) is 0 Å². The van der Waals surface area contributed by atoms with Crippen molar-refractivity contribution in [2.75, 3.05) is 7.11 Å². The monoisotopic (exact) mass is 461 g/mol. The molecular formula is C27H28ClN3O2. The third kappa shape index (κ3) is 5.55. The Balaban J connectivity index is 1.56. The van der Waals surface area contributed by atoms with Crippen LogP contribution in [0.25, 0.3) is 5.65 Å². The molecule has 1 N–H and O–H groups in total. The summed E-state index contributed by atoms with van der Waals surface area (Å²) < 4.78 is 7.57. The van der Waals surface area contributed by atoms with E-state index in [4.69, 9.17) is 16.3 Å². The van der Waals surface area contributed by atoms with Gasteiger partial charge in [0.2, 0.25) is 5.91 Å². The first kappa shape index (κ1) is 22.9. The smallest absolute Gasteiger partial charge is 0.221 e. The number of benzene rings is 2. The quantitative estimate of drug-likeness (QED) is 0.350. The van der Waals surface area contributed by atoms with Gasteiger partial charge < -0.3 is 14.5 Å². The van der Waals surface area contributed by atoms with E-state index in [9.17, 15) is 4.79 Å². The van der Waals surface area contributed by atoms with Crippen LogP contribution in [0.15, 0.2) is 79.1 Å². The molecule has 0 aliphatic carbocycles. The van der Waals surface area contributed by atoms with Crippen molar-refractivity contribution in [2.45, 2.75) is 38.1 Å². The molecular weight excluding hydrogens is 434 g/mol. The number of rotatable bonds is 9. The minimum atomic E-state index is -0.240. The maximum Gasteiger partial charge on any atom is 0.221 e. The third-order valence-corrected chi connectivity index (χ3v) is 6.10. The van der Waals surface area contributed by atoms with Gasteiger partial charge in [-0.3, -0.25) is 4.79 Å². The van der Waals surface area contributed by atoms with Crippen molar-refractivity contribution in [3.63, 3.8) is 0 Å². The van der Waals surface area contributed by atoms with E-state index in [2.05, 4.69) is 22.4 Å². The Labute approximate surface area is 199 Å². The number of hydrogen-bond donors (Lipinski definition) is 1. The molecule has 2 unspecified atom stereocenters. The third-order valence-electron chi connectivity index (χ3n) is 5.88. The van der Waals surface area contributed by atoms with Crippen LogP contribution >= 0.6 is 11.6 Å².